The summed E-state index contributed by atoms with van der Waals surface area (Å²) in [5, 5.41) is 0. The van der Waals surface area contributed by atoms with E-state index in [4.69, 9.17) is 9.47 Å². The lowest BCUT2D eigenvalue weighted by Crippen LogP contribution is -2.36. The number of carbonyl (C=O) groups excluding carboxylic acids is 1. The number of ether oxygens (including phenoxy) is 2. The Kier molecular flexibility index (Phi) is 12.6. The van der Waals surface area contributed by atoms with Gasteiger partial charge < -0.3 is 14.4 Å². The van der Waals surface area contributed by atoms with Gasteiger partial charge in [-0.3, -0.25) is 4.79 Å². The zero-order chi connectivity index (χ0) is 23.0. The van der Waals surface area contributed by atoms with Crippen LogP contribution < -0.4 is 9.47 Å². The fourth-order valence-corrected chi connectivity index (χ4v) is 3.95. The molecule has 1 aliphatic heterocycles. The zero-order valence-corrected chi connectivity index (χ0v) is 20.4. The van der Waals surface area contributed by atoms with E-state index in [9.17, 15) is 4.79 Å². The number of carbonyl (C=O) groups is 1. The highest BCUT2D eigenvalue weighted by Crippen LogP contribution is 2.30. The molecule has 0 atom stereocenters. The van der Waals surface area contributed by atoms with Gasteiger partial charge in [-0.2, -0.15) is 0 Å². The number of benzene rings is 1. The number of fused-ring (bicyclic) bond motifs is 1. The molecule has 1 aromatic carbocycles. The molecule has 0 N–H and O–H groups in total. The molecule has 0 bridgehead atoms. The van der Waals surface area contributed by atoms with Crippen LogP contribution in [0.15, 0.2) is 36.6 Å². The topological polar surface area (TPSA) is 38.8 Å². The van der Waals surface area contributed by atoms with Crippen LogP contribution in [0.25, 0.3) is 6.08 Å². The molecule has 0 saturated carbocycles. The predicted octanol–water partition coefficient (Wildman–Crippen LogP) is 7.53. The summed E-state index contributed by atoms with van der Waals surface area (Å²) in [6.45, 7) is 10.1. The van der Waals surface area contributed by atoms with Crippen molar-refractivity contribution in [2.75, 3.05) is 19.7 Å². The lowest BCUT2D eigenvalue weighted by atomic mass is 10.1. The third kappa shape index (κ3) is 9.93. The van der Waals surface area contributed by atoms with E-state index in [1.807, 2.05) is 35.3 Å². The smallest absolute Gasteiger partial charge is 0.260 e. The summed E-state index contributed by atoms with van der Waals surface area (Å²) in [5.74, 6) is 2.06. The largest absolute Gasteiger partial charge is 0.484 e. The molecule has 2 rings (SSSR count). The lowest BCUT2D eigenvalue weighted by Gasteiger charge is -2.23. The van der Waals surface area contributed by atoms with Gasteiger partial charge in [0.15, 0.2) is 6.61 Å². The molecule has 4 heteroatoms. The molecule has 0 radical (unpaired) electrons. The van der Waals surface area contributed by atoms with Crippen molar-refractivity contribution in [3.63, 3.8) is 0 Å². The summed E-state index contributed by atoms with van der Waals surface area (Å²) in [6.07, 6.45) is 18.6. The highest BCUT2D eigenvalue weighted by Gasteiger charge is 2.15. The average molecular weight is 442 g/mol. The summed E-state index contributed by atoms with van der Waals surface area (Å²) < 4.78 is 11.5. The third-order valence-electron chi connectivity index (χ3n) is 5.95. The van der Waals surface area contributed by atoms with Crippen LogP contribution >= 0.6 is 0 Å². The van der Waals surface area contributed by atoms with Crippen molar-refractivity contribution in [2.24, 2.45) is 0 Å². The number of unbranched alkanes of at least 4 members (excludes halogenated alkanes) is 10. The second kappa shape index (κ2) is 15.6. The minimum absolute atomic E-state index is 0.0707. The minimum atomic E-state index is 0.0707. The SMILES string of the molecule is C=C1C=Cc2ccc(OCC(=O)N(CCCCCCCC)CCCCCCCC)cc2O1. The Bertz CT molecular complexity index is 709. The van der Waals surface area contributed by atoms with Gasteiger partial charge in [-0.1, -0.05) is 84.6 Å². The highest BCUT2D eigenvalue weighted by molar-refractivity contribution is 5.77. The van der Waals surface area contributed by atoms with Gasteiger partial charge in [0, 0.05) is 24.7 Å². The van der Waals surface area contributed by atoms with Crippen molar-refractivity contribution in [1.82, 2.24) is 4.90 Å². The quantitative estimate of drug-likeness (QED) is 0.234. The summed E-state index contributed by atoms with van der Waals surface area (Å²) in [5.41, 5.74) is 0.990. The highest BCUT2D eigenvalue weighted by atomic mass is 16.5. The number of hydrogen-bond acceptors (Lipinski definition) is 3. The molecule has 0 spiro atoms. The second-order valence-electron chi connectivity index (χ2n) is 8.81. The molecule has 1 aromatic rings. The fourth-order valence-electron chi connectivity index (χ4n) is 3.95. The summed E-state index contributed by atoms with van der Waals surface area (Å²) in [4.78, 5) is 14.9. The average Bonchev–Trinajstić information content (AvgIpc) is 2.80. The Morgan fingerprint density at radius 1 is 0.875 bits per heavy atom. The van der Waals surface area contributed by atoms with Crippen LogP contribution in [0.1, 0.15) is 96.5 Å². The van der Waals surface area contributed by atoms with Crippen molar-refractivity contribution in [1.29, 1.82) is 0 Å². The molecule has 1 heterocycles. The number of nitrogens with zero attached hydrogens (tertiary/aromatic N) is 1. The van der Waals surface area contributed by atoms with Crippen molar-refractivity contribution in [3.8, 4) is 11.5 Å². The predicted molar refractivity (Wildman–Crippen MR) is 134 cm³/mol. The third-order valence-corrected chi connectivity index (χ3v) is 5.95. The first-order valence-electron chi connectivity index (χ1n) is 12.7. The summed E-state index contributed by atoms with van der Waals surface area (Å²) in [6, 6.07) is 5.67. The fraction of sp³-hybridized carbons (Fsp3) is 0.607. The number of rotatable bonds is 17. The molecule has 0 saturated heterocycles. The van der Waals surface area contributed by atoms with Gasteiger partial charge in [-0.05, 0) is 37.1 Å². The Morgan fingerprint density at radius 3 is 2.09 bits per heavy atom. The van der Waals surface area contributed by atoms with Gasteiger partial charge in [0.2, 0.25) is 0 Å². The Balaban J connectivity index is 1.81. The van der Waals surface area contributed by atoms with Gasteiger partial charge >= 0.3 is 0 Å². The van der Waals surface area contributed by atoms with E-state index in [1.54, 1.807) is 0 Å². The number of allylic oxidation sites excluding steroid dienone is 1. The van der Waals surface area contributed by atoms with Gasteiger partial charge in [0.25, 0.3) is 5.91 Å². The molecule has 1 amide bonds. The van der Waals surface area contributed by atoms with Crippen LogP contribution in [-0.2, 0) is 4.79 Å². The maximum Gasteiger partial charge on any atom is 0.260 e. The van der Waals surface area contributed by atoms with Gasteiger partial charge in [-0.25, -0.2) is 0 Å². The van der Waals surface area contributed by atoms with E-state index in [1.165, 1.54) is 64.2 Å². The molecule has 1 aliphatic rings. The maximum atomic E-state index is 12.9. The molecule has 178 valence electrons. The number of amides is 1. The van der Waals surface area contributed by atoms with E-state index in [-0.39, 0.29) is 12.5 Å². The van der Waals surface area contributed by atoms with E-state index in [0.29, 0.717) is 11.5 Å². The van der Waals surface area contributed by atoms with Crippen molar-refractivity contribution in [3.05, 3.63) is 42.2 Å². The van der Waals surface area contributed by atoms with Gasteiger partial charge in [-0.15, -0.1) is 0 Å². The maximum absolute atomic E-state index is 12.9. The molecular formula is C28H43NO3. The standard InChI is InChI=1S/C28H43NO3/c1-4-6-8-10-12-14-20-29(21-15-13-11-9-7-5-2)28(30)23-31-26-19-18-25-17-16-24(3)32-27(25)22-26/h16-19,22H,3-15,20-21,23H2,1-2H3. The Hall–Kier alpha value is -2.23. The monoisotopic (exact) mass is 441 g/mol. The van der Waals surface area contributed by atoms with Gasteiger partial charge in [0.1, 0.15) is 17.3 Å². The Morgan fingerprint density at radius 2 is 1.47 bits per heavy atom. The van der Waals surface area contributed by atoms with Crippen LogP contribution in [-0.4, -0.2) is 30.5 Å². The van der Waals surface area contributed by atoms with E-state index >= 15 is 0 Å². The molecule has 0 unspecified atom stereocenters. The lowest BCUT2D eigenvalue weighted by molar-refractivity contribution is -0.133. The molecule has 0 fully saturated rings. The van der Waals surface area contributed by atoms with Crippen LogP contribution in [0.4, 0.5) is 0 Å². The second-order valence-corrected chi connectivity index (χ2v) is 8.81. The van der Waals surface area contributed by atoms with Crippen LogP contribution in [0, 0.1) is 0 Å². The minimum Gasteiger partial charge on any atom is -0.484 e. The zero-order valence-electron chi connectivity index (χ0n) is 20.4. The molecular weight excluding hydrogens is 398 g/mol. The first-order chi connectivity index (χ1) is 15.6. The van der Waals surface area contributed by atoms with E-state index in [2.05, 4.69) is 20.4 Å². The molecule has 0 aliphatic carbocycles. The van der Waals surface area contributed by atoms with E-state index < -0.39 is 0 Å². The van der Waals surface area contributed by atoms with E-state index in [0.717, 1.165) is 37.2 Å². The van der Waals surface area contributed by atoms with Crippen LogP contribution in [0.5, 0.6) is 11.5 Å². The van der Waals surface area contributed by atoms with Gasteiger partial charge in [0.05, 0.1) is 0 Å². The first kappa shape index (κ1) is 26.0. The summed E-state index contributed by atoms with van der Waals surface area (Å²) in [7, 11) is 0. The first-order valence-corrected chi connectivity index (χ1v) is 12.7. The molecule has 0 aromatic heterocycles. The Labute approximate surface area is 195 Å². The molecule has 32 heavy (non-hydrogen) atoms. The van der Waals surface area contributed by atoms with Crippen molar-refractivity contribution < 1.29 is 14.3 Å². The van der Waals surface area contributed by atoms with Crippen molar-refractivity contribution >= 4 is 12.0 Å². The van der Waals surface area contributed by atoms with Crippen LogP contribution in [0.2, 0.25) is 0 Å². The van der Waals surface area contributed by atoms with Crippen molar-refractivity contribution in [2.45, 2.75) is 90.9 Å². The normalized spacial score (nSPS) is 12.4. The number of hydrogen-bond donors (Lipinski definition) is 0. The molecule has 4 nitrogen and oxygen atoms in total. The van der Waals surface area contributed by atoms with Crippen LogP contribution in [0.3, 0.4) is 0 Å². The summed E-state index contributed by atoms with van der Waals surface area (Å²) >= 11 is 0.